The molecular weight excluding hydrogens is 456 g/mol. The van der Waals surface area contributed by atoms with Crippen molar-refractivity contribution in [3.05, 3.63) is 30.6 Å². The van der Waals surface area contributed by atoms with Gasteiger partial charge in [-0.15, -0.1) is 0 Å². The molecule has 0 amide bonds. The van der Waals surface area contributed by atoms with Crippen LogP contribution in [-0.4, -0.2) is 59.0 Å². The Balaban J connectivity index is 1.75. The number of hydrogen-bond acceptors (Lipinski definition) is 9. The number of aromatic nitrogens is 4. The van der Waals surface area contributed by atoms with Crippen molar-refractivity contribution in [2.24, 2.45) is 0 Å². The van der Waals surface area contributed by atoms with Crippen LogP contribution in [0.4, 0.5) is 10.3 Å². The Labute approximate surface area is 191 Å². The summed E-state index contributed by atoms with van der Waals surface area (Å²) in [5.41, 5.74) is 7.06. The van der Waals surface area contributed by atoms with Crippen molar-refractivity contribution < 1.29 is 22.9 Å². The lowest BCUT2D eigenvalue weighted by Gasteiger charge is -2.20. The van der Waals surface area contributed by atoms with E-state index in [0.717, 1.165) is 10.6 Å². The minimum Gasteiger partial charge on any atom is -0.497 e. The number of benzene rings is 1. The molecule has 0 radical (unpaired) electrons. The molecular formula is C20H27FN5O4PS. The standard InChI is InChI=1S/C20H27FN5O4PS/c1-4-29-31(30-5-2)13-28-15(10-21)11-26-12-23-17-18(26)24-20(22)25-19(17)32-16-8-6-14(27-3)7-9-16/h6-9,12,15H,4-5,10-11,13H2,1-3H3,(H2,22,24,25). The topological polar surface area (TPSA) is 107 Å². The van der Waals surface area contributed by atoms with Crippen molar-refractivity contribution in [3.63, 3.8) is 0 Å². The molecule has 1 unspecified atom stereocenters. The van der Waals surface area contributed by atoms with Gasteiger partial charge in [-0.2, -0.15) is 4.98 Å². The van der Waals surface area contributed by atoms with Gasteiger partial charge in [0, 0.05) is 4.90 Å². The van der Waals surface area contributed by atoms with Crippen molar-refractivity contribution in [1.29, 1.82) is 0 Å². The van der Waals surface area contributed by atoms with Gasteiger partial charge < -0.3 is 28.8 Å². The van der Waals surface area contributed by atoms with Crippen molar-refractivity contribution in [2.75, 3.05) is 39.1 Å². The zero-order valence-electron chi connectivity index (χ0n) is 18.2. The second-order valence-corrected chi connectivity index (χ2v) is 8.98. The summed E-state index contributed by atoms with van der Waals surface area (Å²) in [7, 11) is 0.407. The highest BCUT2D eigenvalue weighted by Gasteiger charge is 2.19. The number of nitrogens with zero attached hydrogens (tertiary/aromatic N) is 4. The van der Waals surface area contributed by atoms with Gasteiger partial charge >= 0.3 is 0 Å². The quantitative estimate of drug-likeness (QED) is 0.282. The predicted molar refractivity (Wildman–Crippen MR) is 123 cm³/mol. The number of nitrogens with two attached hydrogens (primary N) is 1. The van der Waals surface area contributed by atoms with Crippen LogP contribution in [0.1, 0.15) is 13.8 Å². The van der Waals surface area contributed by atoms with Crippen LogP contribution >= 0.6 is 20.1 Å². The van der Waals surface area contributed by atoms with Crippen molar-refractivity contribution in [3.8, 4) is 5.75 Å². The first-order valence-electron chi connectivity index (χ1n) is 10.1. The second kappa shape index (κ2) is 12.3. The first kappa shape index (κ1) is 24.6. The summed E-state index contributed by atoms with van der Waals surface area (Å²) >= 11 is 1.42. The van der Waals surface area contributed by atoms with Crippen LogP contribution in [0, 0.1) is 0 Å². The van der Waals surface area contributed by atoms with Gasteiger partial charge in [-0.1, -0.05) is 11.8 Å². The van der Waals surface area contributed by atoms with Gasteiger partial charge in [-0.3, -0.25) is 0 Å². The molecule has 3 rings (SSSR count). The molecule has 9 nitrogen and oxygen atoms in total. The van der Waals surface area contributed by atoms with Gasteiger partial charge in [0.15, 0.2) is 14.0 Å². The van der Waals surface area contributed by atoms with Crippen molar-refractivity contribution in [1.82, 2.24) is 19.5 Å². The number of anilines is 1. The molecule has 12 heteroatoms. The van der Waals surface area contributed by atoms with E-state index in [1.807, 2.05) is 38.1 Å². The van der Waals surface area contributed by atoms with Gasteiger partial charge in [-0.25, -0.2) is 14.4 Å². The first-order chi connectivity index (χ1) is 15.6. The Bertz CT molecular complexity index is 988. The Morgan fingerprint density at radius 2 is 1.88 bits per heavy atom. The van der Waals surface area contributed by atoms with Crippen molar-refractivity contribution >= 4 is 37.2 Å². The summed E-state index contributed by atoms with van der Waals surface area (Å²) in [5, 5.41) is 0.616. The van der Waals surface area contributed by atoms with E-state index in [1.54, 1.807) is 18.0 Å². The van der Waals surface area contributed by atoms with Gasteiger partial charge in [0.25, 0.3) is 0 Å². The monoisotopic (exact) mass is 483 g/mol. The summed E-state index contributed by atoms with van der Waals surface area (Å²) in [6, 6.07) is 7.58. The fourth-order valence-corrected chi connectivity index (χ4v) is 4.83. The zero-order chi connectivity index (χ0) is 22.9. The fraction of sp³-hybridized carbons (Fsp3) is 0.450. The maximum Gasteiger partial charge on any atom is 0.223 e. The lowest BCUT2D eigenvalue weighted by atomic mass is 10.3. The molecule has 0 spiro atoms. The van der Waals surface area contributed by atoms with E-state index >= 15 is 0 Å². The van der Waals surface area contributed by atoms with Crippen LogP contribution in [0.3, 0.4) is 0 Å². The molecule has 0 saturated carbocycles. The molecule has 2 heterocycles. The normalized spacial score (nSPS) is 12.5. The summed E-state index contributed by atoms with van der Waals surface area (Å²) in [4.78, 5) is 14.0. The number of ether oxygens (including phenoxy) is 2. The lowest BCUT2D eigenvalue weighted by Crippen LogP contribution is -2.23. The molecule has 2 N–H and O–H groups in total. The van der Waals surface area contributed by atoms with Crippen LogP contribution in [0.25, 0.3) is 11.2 Å². The highest BCUT2D eigenvalue weighted by Crippen LogP contribution is 2.38. The van der Waals surface area contributed by atoms with Crippen LogP contribution in [-0.2, 0) is 20.3 Å². The van der Waals surface area contributed by atoms with Crippen LogP contribution in [0.2, 0.25) is 0 Å². The minimum absolute atomic E-state index is 0.115. The third kappa shape index (κ3) is 6.49. The maximum absolute atomic E-state index is 13.7. The van der Waals surface area contributed by atoms with Gasteiger partial charge in [0.05, 0.1) is 33.2 Å². The fourth-order valence-electron chi connectivity index (χ4n) is 2.83. The molecule has 0 bridgehead atoms. The number of fused-ring (bicyclic) bond motifs is 1. The van der Waals surface area contributed by atoms with Crippen LogP contribution in [0.5, 0.6) is 5.75 Å². The summed E-state index contributed by atoms with van der Waals surface area (Å²) in [6.07, 6.45) is 1.08. The average molecular weight is 484 g/mol. The molecule has 1 atom stereocenters. The molecule has 0 saturated heterocycles. The highest BCUT2D eigenvalue weighted by molar-refractivity contribution is 7.99. The minimum atomic E-state index is -1.21. The van der Waals surface area contributed by atoms with E-state index in [2.05, 4.69) is 15.0 Å². The van der Waals surface area contributed by atoms with E-state index < -0.39 is 21.2 Å². The highest BCUT2D eigenvalue weighted by atomic mass is 32.2. The van der Waals surface area contributed by atoms with E-state index in [4.69, 9.17) is 24.3 Å². The van der Waals surface area contributed by atoms with Crippen LogP contribution < -0.4 is 10.5 Å². The largest absolute Gasteiger partial charge is 0.497 e. The Kier molecular flexibility index (Phi) is 9.43. The molecule has 0 aliphatic carbocycles. The van der Waals surface area contributed by atoms with E-state index in [1.165, 1.54) is 11.8 Å². The zero-order valence-corrected chi connectivity index (χ0v) is 19.9. The number of nitrogen functional groups attached to an aromatic ring is 1. The SMILES string of the molecule is CCOP(COC(CF)Cn1cnc2c(Sc3ccc(OC)cc3)nc(N)nc21)OCC. The van der Waals surface area contributed by atoms with E-state index in [-0.39, 0.29) is 18.8 Å². The molecule has 2 aromatic heterocycles. The molecule has 174 valence electrons. The number of hydrogen-bond donors (Lipinski definition) is 1. The first-order valence-corrected chi connectivity index (χ1v) is 12.3. The Hall–Kier alpha value is -2.04. The van der Waals surface area contributed by atoms with Crippen molar-refractivity contribution in [2.45, 2.75) is 36.4 Å². The number of methoxy groups -OCH3 is 1. The van der Waals surface area contributed by atoms with Gasteiger partial charge in [-0.05, 0) is 38.1 Å². The third-order valence-electron chi connectivity index (χ3n) is 4.26. The summed E-state index contributed by atoms with van der Waals surface area (Å²) in [5.74, 6) is 0.879. The Morgan fingerprint density at radius 1 is 1.16 bits per heavy atom. The molecule has 3 aromatic rings. The number of imidazole rings is 1. The molecule has 0 aliphatic rings. The average Bonchev–Trinajstić information content (AvgIpc) is 3.19. The Morgan fingerprint density at radius 3 is 2.50 bits per heavy atom. The molecule has 0 aliphatic heterocycles. The number of rotatable bonds is 13. The van der Waals surface area contributed by atoms with E-state index in [9.17, 15) is 4.39 Å². The third-order valence-corrected chi connectivity index (χ3v) is 6.70. The lowest BCUT2D eigenvalue weighted by molar-refractivity contribution is 0.0448. The molecule has 0 fully saturated rings. The molecule has 1 aromatic carbocycles. The van der Waals surface area contributed by atoms with Gasteiger partial charge in [0.2, 0.25) is 5.95 Å². The van der Waals surface area contributed by atoms with E-state index in [0.29, 0.717) is 29.4 Å². The summed E-state index contributed by atoms with van der Waals surface area (Å²) in [6.45, 7) is 4.32. The predicted octanol–water partition coefficient (Wildman–Crippen LogP) is 4.27. The second-order valence-electron chi connectivity index (χ2n) is 6.47. The summed E-state index contributed by atoms with van der Waals surface area (Å²) < 4.78 is 37.3. The number of halogens is 1. The number of alkyl halides is 1. The maximum atomic E-state index is 13.7. The molecule has 32 heavy (non-hydrogen) atoms. The van der Waals surface area contributed by atoms with Gasteiger partial charge in [0.1, 0.15) is 35.4 Å². The van der Waals surface area contributed by atoms with Crippen LogP contribution in [0.15, 0.2) is 40.5 Å². The smallest absolute Gasteiger partial charge is 0.223 e.